The number of aliphatic hydroxyl groups excluding tert-OH is 1. The van der Waals surface area contributed by atoms with Crippen molar-refractivity contribution in [3.63, 3.8) is 0 Å². The average Bonchev–Trinajstić information content (AvgIpc) is 2.44. The molecule has 0 aromatic rings. The second-order valence-electron chi connectivity index (χ2n) is 7.13. The lowest BCUT2D eigenvalue weighted by atomic mass is 9.67. The number of carbonyl (C=O) groups excluding carboxylic acids is 1. The van der Waals surface area contributed by atoms with E-state index in [9.17, 15) is 4.79 Å². The van der Waals surface area contributed by atoms with Crippen LogP contribution in [0.1, 0.15) is 52.9 Å². The Labute approximate surface area is 134 Å². The van der Waals surface area contributed by atoms with E-state index < -0.39 is 6.10 Å². The van der Waals surface area contributed by atoms with E-state index >= 15 is 0 Å². The number of esters is 1. The van der Waals surface area contributed by atoms with Crippen molar-refractivity contribution in [2.24, 2.45) is 23.7 Å². The summed E-state index contributed by atoms with van der Waals surface area (Å²) in [5.41, 5.74) is 1.52. The second kappa shape index (κ2) is 7.96. The molecule has 3 nitrogen and oxygen atoms in total. The van der Waals surface area contributed by atoms with Crippen molar-refractivity contribution >= 4 is 5.97 Å². The van der Waals surface area contributed by atoms with Gasteiger partial charge in [0.25, 0.3) is 0 Å². The molecule has 0 saturated carbocycles. The molecule has 5 atom stereocenters. The number of rotatable bonds is 6. The van der Waals surface area contributed by atoms with Gasteiger partial charge in [0.05, 0.1) is 19.1 Å². The van der Waals surface area contributed by atoms with E-state index in [2.05, 4.69) is 32.1 Å². The van der Waals surface area contributed by atoms with Gasteiger partial charge in [0.1, 0.15) is 0 Å². The van der Waals surface area contributed by atoms with Crippen molar-refractivity contribution in [2.45, 2.75) is 59.0 Å². The Bertz CT molecular complexity index is 436. The highest BCUT2D eigenvalue weighted by molar-refractivity contribution is 5.69. The van der Waals surface area contributed by atoms with E-state index in [1.165, 1.54) is 18.4 Å². The van der Waals surface area contributed by atoms with Gasteiger partial charge < -0.3 is 9.84 Å². The zero-order chi connectivity index (χ0) is 16.1. The zero-order valence-electron chi connectivity index (χ0n) is 14.1. The number of hydrogen-bond donors (Lipinski definition) is 1. The maximum absolute atomic E-state index is 11.4. The highest BCUT2D eigenvalue weighted by atomic mass is 16.5. The van der Waals surface area contributed by atoms with Crippen LogP contribution in [0.5, 0.6) is 0 Å². The molecular formula is C19H30O3. The molecule has 2 aliphatic carbocycles. The monoisotopic (exact) mass is 306 g/mol. The Morgan fingerprint density at radius 3 is 2.91 bits per heavy atom. The van der Waals surface area contributed by atoms with Gasteiger partial charge in [-0.25, -0.2) is 0 Å². The largest absolute Gasteiger partial charge is 0.466 e. The number of fused-ring (bicyclic) bond motifs is 1. The fourth-order valence-corrected chi connectivity index (χ4v) is 3.83. The SMILES string of the molecule is CC(O)CC(=O)OCCC[C@H]1C(C)C=CC2=C[C@H](C)CCC21. The van der Waals surface area contributed by atoms with Crippen molar-refractivity contribution in [3.05, 3.63) is 23.8 Å². The number of carbonyl (C=O) groups is 1. The summed E-state index contributed by atoms with van der Waals surface area (Å²) in [6.45, 7) is 6.68. The third kappa shape index (κ3) is 4.70. The summed E-state index contributed by atoms with van der Waals surface area (Å²) < 4.78 is 5.20. The molecule has 3 heteroatoms. The quantitative estimate of drug-likeness (QED) is 0.598. The van der Waals surface area contributed by atoms with Crippen LogP contribution in [0.15, 0.2) is 23.8 Å². The fraction of sp³-hybridized carbons (Fsp3) is 0.737. The second-order valence-corrected chi connectivity index (χ2v) is 7.13. The van der Waals surface area contributed by atoms with E-state index in [1.807, 2.05) is 0 Å². The van der Waals surface area contributed by atoms with Gasteiger partial charge >= 0.3 is 5.97 Å². The van der Waals surface area contributed by atoms with Gasteiger partial charge in [-0.3, -0.25) is 4.79 Å². The topological polar surface area (TPSA) is 46.5 Å². The minimum atomic E-state index is -0.618. The normalized spacial score (nSPS) is 32.1. The maximum Gasteiger partial charge on any atom is 0.308 e. The Morgan fingerprint density at radius 2 is 2.18 bits per heavy atom. The van der Waals surface area contributed by atoms with Crippen molar-refractivity contribution in [3.8, 4) is 0 Å². The van der Waals surface area contributed by atoms with Crippen LogP contribution in [0.2, 0.25) is 0 Å². The molecule has 0 aromatic heterocycles. The summed E-state index contributed by atoms with van der Waals surface area (Å²) in [6, 6.07) is 0. The van der Waals surface area contributed by atoms with Gasteiger partial charge in [-0.1, -0.05) is 32.1 Å². The van der Waals surface area contributed by atoms with Gasteiger partial charge in [-0.2, -0.15) is 0 Å². The summed E-state index contributed by atoms with van der Waals surface area (Å²) in [5.74, 6) is 2.36. The summed E-state index contributed by atoms with van der Waals surface area (Å²) in [5, 5.41) is 9.15. The average molecular weight is 306 g/mol. The third-order valence-corrected chi connectivity index (χ3v) is 5.03. The van der Waals surface area contributed by atoms with Crippen LogP contribution in [0, 0.1) is 23.7 Å². The highest BCUT2D eigenvalue weighted by Crippen LogP contribution is 2.43. The van der Waals surface area contributed by atoms with E-state index in [4.69, 9.17) is 9.84 Å². The van der Waals surface area contributed by atoms with Gasteiger partial charge in [0.15, 0.2) is 0 Å². The zero-order valence-corrected chi connectivity index (χ0v) is 14.1. The van der Waals surface area contributed by atoms with E-state index in [-0.39, 0.29) is 12.4 Å². The lowest BCUT2D eigenvalue weighted by molar-refractivity contribution is -0.145. The first-order valence-electron chi connectivity index (χ1n) is 8.71. The van der Waals surface area contributed by atoms with Crippen LogP contribution in [0.3, 0.4) is 0 Å². The minimum absolute atomic E-state index is 0.0932. The Balaban J connectivity index is 1.81. The number of allylic oxidation sites excluding steroid dienone is 4. The Kier molecular flexibility index (Phi) is 6.25. The number of ether oxygens (including phenoxy) is 1. The summed E-state index contributed by atoms with van der Waals surface area (Å²) in [6.07, 6.45) is 11.2. The summed E-state index contributed by atoms with van der Waals surface area (Å²) in [7, 11) is 0. The molecule has 0 amide bonds. The molecule has 0 spiro atoms. The summed E-state index contributed by atoms with van der Waals surface area (Å²) in [4.78, 5) is 11.4. The minimum Gasteiger partial charge on any atom is -0.466 e. The smallest absolute Gasteiger partial charge is 0.308 e. The first-order chi connectivity index (χ1) is 10.5. The molecule has 0 fully saturated rings. The molecule has 1 N–H and O–H groups in total. The summed E-state index contributed by atoms with van der Waals surface area (Å²) >= 11 is 0. The third-order valence-electron chi connectivity index (χ3n) is 5.03. The molecule has 0 aromatic carbocycles. The van der Waals surface area contributed by atoms with E-state index in [0.29, 0.717) is 30.3 Å². The molecular weight excluding hydrogens is 276 g/mol. The van der Waals surface area contributed by atoms with Crippen molar-refractivity contribution in [2.75, 3.05) is 6.61 Å². The molecule has 0 radical (unpaired) electrons. The maximum atomic E-state index is 11.4. The van der Waals surface area contributed by atoms with Crippen LogP contribution in [0.25, 0.3) is 0 Å². The van der Waals surface area contributed by atoms with Crippen LogP contribution < -0.4 is 0 Å². The Hall–Kier alpha value is -1.09. The van der Waals surface area contributed by atoms with Gasteiger partial charge in [-0.15, -0.1) is 0 Å². The van der Waals surface area contributed by atoms with Crippen molar-refractivity contribution < 1.29 is 14.6 Å². The molecule has 2 aliphatic rings. The van der Waals surface area contributed by atoms with Crippen molar-refractivity contribution in [1.29, 1.82) is 0 Å². The molecule has 2 rings (SSSR count). The van der Waals surface area contributed by atoms with Gasteiger partial charge in [0, 0.05) is 0 Å². The fourth-order valence-electron chi connectivity index (χ4n) is 3.83. The highest BCUT2D eigenvalue weighted by Gasteiger charge is 2.32. The molecule has 0 heterocycles. The molecule has 0 aliphatic heterocycles. The molecule has 3 unspecified atom stereocenters. The number of hydrogen-bond acceptors (Lipinski definition) is 3. The molecule has 0 saturated heterocycles. The van der Waals surface area contributed by atoms with Crippen LogP contribution in [0.4, 0.5) is 0 Å². The molecule has 22 heavy (non-hydrogen) atoms. The lowest BCUT2D eigenvalue weighted by Crippen LogP contribution is -2.28. The van der Waals surface area contributed by atoms with Crippen LogP contribution in [-0.2, 0) is 9.53 Å². The lowest BCUT2D eigenvalue weighted by Gasteiger charge is -2.38. The van der Waals surface area contributed by atoms with Gasteiger partial charge in [0.2, 0.25) is 0 Å². The van der Waals surface area contributed by atoms with Crippen molar-refractivity contribution in [1.82, 2.24) is 0 Å². The van der Waals surface area contributed by atoms with Crippen LogP contribution in [-0.4, -0.2) is 23.8 Å². The molecule has 124 valence electrons. The number of aliphatic hydroxyl groups is 1. The predicted octanol–water partition coefficient (Wildman–Crippen LogP) is 3.88. The molecule has 0 bridgehead atoms. The first kappa shape index (κ1) is 17.3. The first-order valence-corrected chi connectivity index (χ1v) is 8.71. The Morgan fingerprint density at radius 1 is 1.41 bits per heavy atom. The van der Waals surface area contributed by atoms with Crippen LogP contribution >= 0.6 is 0 Å². The van der Waals surface area contributed by atoms with E-state index in [1.54, 1.807) is 6.92 Å². The van der Waals surface area contributed by atoms with E-state index in [0.717, 1.165) is 12.8 Å². The van der Waals surface area contributed by atoms with Gasteiger partial charge in [-0.05, 0) is 61.9 Å². The standard InChI is InChI=1S/C19H30O3/c1-13-6-9-18-16(11-13)8-7-14(2)17(18)5-4-10-22-19(21)12-15(3)20/h7-8,11,13-15,17-18,20H,4-6,9-10,12H2,1-3H3/t13-,14?,15?,17+,18?/m1/s1. The predicted molar refractivity (Wildman–Crippen MR) is 88.3 cm³/mol.